The van der Waals surface area contributed by atoms with Gasteiger partial charge in [-0.15, -0.1) is 34.0 Å². The van der Waals surface area contributed by atoms with Gasteiger partial charge in [0.25, 0.3) is 0 Å². The van der Waals surface area contributed by atoms with Crippen molar-refractivity contribution in [3.63, 3.8) is 0 Å². The monoisotopic (exact) mass is 1440 g/mol. The molecule has 9 aromatic rings. The topological polar surface area (TPSA) is 309 Å². The number of aryl methyl sites for hydroxylation is 4. The number of likely N-dealkylation sites (tertiary alicyclic amines) is 3. The summed E-state index contributed by atoms with van der Waals surface area (Å²) in [6, 6.07) is 22.9. The van der Waals surface area contributed by atoms with Gasteiger partial charge in [-0.2, -0.15) is 5.10 Å². The molecule has 9 heterocycles. The third-order valence-corrected chi connectivity index (χ3v) is 22.3. The predicted molar refractivity (Wildman–Crippen MR) is 387 cm³/mol. The lowest BCUT2D eigenvalue weighted by Crippen LogP contribution is -2.48. The fraction of sp³-hybridized carbons (Fsp3) is 0.440. The van der Waals surface area contributed by atoms with Crippen molar-refractivity contribution in [3.8, 4) is 31.3 Å². The number of oxazole rings is 1. The van der Waals surface area contributed by atoms with E-state index in [-0.39, 0.29) is 131 Å². The van der Waals surface area contributed by atoms with Crippen molar-refractivity contribution < 1.29 is 47.8 Å². The number of imidazole rings is 1. The van der Waals surface area contributed by atoms with Crippen LogP contribution in [0.3, 0.4) is 0 Å². The highest BCUT2D eigenvalue weighted by molar-refractivity contribution is 7.14. The highest BCUT2D eigenvalue weighted by atomic mass is 32.1. The first-order valence-corrected chi connectivity index (χ1v) is 37.3. The van der Waals surface area contributed by atoms with Gasteiger partial charge in [-0.25, -0.2) is 24.9 Å². The molecule has 6 aromatic heterocycles. The maximum atomic E-state index is 15.3. The smallest absolute Gasteiger partial charge is 0.243 e. The van der Waals surface area contributed by atoms with Crippen LogP contribution in [0.1, 0.15) is 147 Å². The number of aromatic nitrogens is 8. The van der Waals surface area contributed by atoms with Crippen LogP contribution in [-0.4, -0.2) is 151 Å². The van der Waals surface area contributed by atoms with Crippen LogP contribution < -0.4 is 16.0 Å². The zero-order valence-electron chi connectivity index (χ0n) is 59.0. The Labute approximate surface area is 604 Å². The van der Waals surface area contributed by atoms with Crippen LogP contribution in [0.15, 0.2) is 112 Å². The molecule has 6 N–H and O–H groups in total. The van der Waals surface area contributed by atoms with Crippen molar-refractivity contribution >= 4 is 69.5 Å². The predicted octanol–water partition coefficient (Wildman–Crippen LogP) is 10.2. The summed E-state index contributed by atoms with van der Waals surface area (Å²) in [4.78, 5) is 121. The molecule has 27 heteroatoms. The van der Waals surface area contributed by atoms with Gasteiger partial charge in [-0.3, -0.25) is 33.9 Å². The lowest BCUT2D eigenvalue weighted by atomic mass is 9.90. The first-order valence-electron chi connectivity index (χ1n) is 34.7. The molecule has 24 nitrogen and oxygen atoms in total. The van der Waals surface area contributed by atoms with Crippen LogP contribution in [0.2, 0.25) is 0 Å². The van der Waals surface area contributed by atoms with Gasteiger partial charge < -0.3 is 54.6 Å². The molecule has 3 aliphatic heterocycles. The minimum Gasteiger partial charge on any atom is -0.445 e. The first-order chi connectivity index (χ1) is 49.0. The van der Waals surface area contributed by atoms with E-state index in [1.807, 2.05) is 152 Å². The highest BCUT2D eigenvalue weighted by Crippen LogP contribution is 2.37. The maximum Gasteiger partial charge on any atom is 0.243 e. The van der Waals surface area contributed by atoms with Gasteiger partial charge >= 0.3 is 0 Å². The van der Waals surface area contributed by atoms with Crippen molar-refractivity contribution in [1.82, 2.24) is 70.8 Å². The Balaban J connectivity index is 0.715. The van der Waals surface area contributed by atoms with E-state index in [1.165, 1.54) is 4.90 Å². The molecule has 0 unspecified atom stereocenters. The SMILES string of the molecule is Cc1cnc([C@H](C(=O)N2C[C@H](OCc3cnc([C@H](C(=O)N4C[C@H](OCc5cc([C@H](C(=O)N6C[C@H](O)C[C@H]6C(=O)NCc6ccc(-c7scnc7C)cc6)C(C)C)n[nH]5)C[C@H]4C(=O)NCc4ccc(-c5scnc5C)cc4)C(C)C)[nH]3)C[C@H]2C(=O)NCc2ccc(-c3scnc3C)cc2)C(C)C)o1. The fourth-order valence-electron chi connectivity index (χ4n) is 13.9. The number of thiazole rings is 3. The van der Waals surface area contributed by atoms with Crippen LogP contribution in [-0.2, 0) is 71.1 Å². The summed E-state index contributed by atoms with van der Waals surface area (Å²) in [6.07, 6.45) is 1.62. The molecule has 9 atom stereocenters. The highest BCUT2D eigenvalue weighted by Gasteiger charge is 2.47. The van der Waals surface area contributed by atoms with E-state index < -0.39 is 54.2 Å². The van der Waals surface area contributed by atoms with Crippen molar-refractivity contribution in [2.45, 2.75) is 176 Å². The Morgan fingerprint density at radius 2 is 0.941 bits per heavy atom. The van der Waals surface area contributed by atoms with Gasteiger partial charge in [0.15, 0.2) is 0 Å². The van der Waals surface area contributed by atoms with Crippen LogP contribution in [0.4, 0.5) is 0 Å². The Bertz CT molecular complexity index is 4400. The zero-order chi connectivity index (χ0) is 72.0. The van der Waals surface area contributed by atoms with E-state index in [9.17, 15) is 29.1 Å². The number of rotatable bonds is 27. The largest absolute Gasteiger partial charge is 0.445 e. The van der Waals surface area contributed by atoms with Crippen LogP contribution >= 0.6 is 34.0 Å². The number of ether oxygens (including phenoxy) is 2. The number of nitrogens with one attached hydrogen (secondary N) is 5. The molecular formula is C75H88N14O10S3. The molecule has 102 heavy (non-hydrogen) atoms. The number of benzene rings is 3. The molecule has 3 saturated heterocycles. The maximum absolute atomic E-state index is 15.3. The molecule has 6 amide bonds. The molecule has 12 rings (SSSR count). The summed E-state index contributed by atoms with van der Waals surface area (Å²) in [7, 11) is 0. The number of carbonyl (C=O) groups excluding carboxylic acids is 6. The van der Waals surface area contributed by atoms with Crippen molar-refractivity contribution in [2.24, 2.45) is 17.8 Å². The molecule has 536 valence electrons. The molecule has 3 aromatic carbocycles. The molecular weight excluding hydrogens is 1350 g/mol. The van der Waals surface area contributed by atoms with Crippen LogP contribution in [0, 0.1) is 45.4 Å². The summed E-state index contributed by atoms with van der Waals surface area (Å²) in [5.41, 5.74) is 15.6. The van der Waals surface area contributed by atoms with Crippen LogP contribution in [0.5, 0.6) is 0 Å². The molecule has 3 fully saturated rings. The molecule has 0 bridgehead atoms. The number of aromatic amines is 2. The molecule has 0 aliphatic carbocycles. The summed E-state index contributed by atoms with van der Waals surface area (Å²) in [6.45, 7) is 20.1. The Kier molecular flexibility index (Phi) is 22.8. The van der Waals surface area contributed by atoms with E-state index in [4.69, 9.17) is 18.9 Å². The number of hydrogen-bond acceptors (Lipinski definition) is 19. The second kappa shape index (κ2) is 32.0. The van der Waals surface area contributed by atoms with Crippen molar-refractivity contribution in [3.05, 3.63) is 176 Å². The minimum atomic E-state index is -0.930. The normalized spacial score (nSPS) is 19.3. The van der Waals surface area contributed by atoms with Gasteiger partial charge in [0.2, 0.25) is 41.3 Å². The number of carbonyl (C=O) groups is 6. The second-order valence-corrected chi connectivity index (χ2v) is 30.4. The Hall–Kier alpha value is -9.12. The quantitative estimate of drug-likeness (QED) is 0.0279. The van der Waals surface area contributed by atoms with E-state index in [0.29, 0.717) is 28.7 Å². The lowest BCUT2D eigenvalue weighted by Gasteiger charge is -2.29. The summed E-state index contributed by atoms with van der Waals surface area (Å²) in [5, 5.41) is 27.8. The standard InChI is InChI=1S/C75H88N14O10S3/c1-40(2)62(73(94)87-32-55(90)24-59(87)69(91)77-28-47-11-17-50(18-12-47)65-44(8)81-37-100-65)58-23-53(85-86-58)35-97-56-25-60(70(92)78-29-48-13-19-51(20-14-48)66-45(9)82-38-101-66)88(33-56)74(95)63(41(3)4)68-76-31-54(84-68)36-98-57-26-61(89(34-57)75(96)64(42(5)6)72-80-27-43(7)99-72)71(93)79-30-49-15-21-52(22-16-49)67-46(10)83-39-102-67/h11-23,27,31,37-42,55-57,59-64,90H,24-26,28-30,32-36H2,1-10H3,(H,76,84)(H,77,91)(H,78,92)(H,79,93)(H,85,86)/t55-,56-,57-,59+,60+,61+,62-,63-,64-/m1/s1. The molecule has 0 spiro atoms. The number of aliphatic hydroxyl groups excluding tert-OH is 1. The summed E-state index contributed by atoms with van der Waals surface area (Å²) < 4.78 is 19.1. The second-order valence-electron chi connectivity index (χ2n) is 27.9. The van der Waals surface area contributed by atoms with Gasteiger partial charge in [0.05, 0.1) is 121 Å². The summed E-state index contributed by atoms with van der Waals surface area (Å²) >= 11 is 4.70. The molecule has 3 aliphatic rings. The van der Waals surface area contributed by atoms with Crippen molar-refractivity contribution in [1.29, 1.82) is 0 Å². The zero-order valence-corrected chi connectivity index (χ0v) is 61.4. The van der Waals surface area contributed by atoms with Crippen molar-refractivity contribution in [2.75, 3.05) is 19.6 Å². The first kappa shape index (κ1) is 72.7. The number of aliphatic hydroxyl groups is 1. The molecule has 0 saturated carbocycles. The molecule has 0 radical (unpaired) electrons. The van der Waals surface area contributed by atoms with Gasteiger partial charge in [0.1, 0.15) is 35.6 Å². The van der Waals surface area contributed by atoms with E-state index >= 15 is 4.79 Å². The lowest BCUT2D eigenvalue weighted by molar-refractivity contribution is -0.141. The van der Waals surface area contributed by atoms with E-state index in [1.54, 1.807) is 69.2 Å². The Morgan fingerprint density at radius 1 is 0.529 bits per heavy atom. The minimum absolute atomic E-state index is 0.00638. The average molecular weight is 1440 g/mol. The van der Waals surface area contributed by atoms with Crippen LogP contribution in [0.25, 0.3) is 31.3 Å². The number of hydrogen-bond donors (Lipinski definition) is 6. The third-order valence-electron chi connectivity index (χ3n) is 19.4. The van der Waals surface area contributed by atoms with Gasteiger partial charge in [-0.1, -0.05) is 114 Å². The average Bonchev–Trinajstić information content (AvgIpc) is 1.66. The number of β-amino-alcohol motifs (C(OH)–C–C–N with tert-alkyl or cyclic N) is 1. The number of nitrogens with zero attached hydrogens (tertiary/aromatic N) is 9. The number of amides is 6. The van der Waals surface area contributed by atoms with Gasteiger partial charge in [-0.05, 0) is 84.9 Å². The summed E-state index contributed by atoms with van der Waals surface area (Å²) in [5.74, 6) is -3.86. The number of H-pyrrole nitrogens is 2. The fourth-order valence-corrected chi connectivity index (χ4v) is 16.4. The van der Waals surface area contributed by atoms with E-state index in [0.717, 1.165) is 65.1 Å². The third kappa shape index (κ3) is 16.5. The van der Waals surface area contributed by atoms with Gasteiger partial charge in [0, 0.05) is 58.5 Å². The van der Waals surface area contributed by atoms with E-state index in [2.05, 4.69) is 51.1 Å². The Morgan fingerprint density at radius 3 is 1.35 bits per heavy atom.